The maximum atomic E-state index is 10.1. The molecule has 2 aliphatic heterocycles. The summed E-state index contributed by atoms with van der Waals surface area (Å²) in [6, 6.07) is 0.673. The number of nitrogens with zero attached hydrogens (tertiary/aromatic N) is 2. The summed E-state index contributed by atoms with van der Waals surface area (Å²) in [5.41, 5.74) is 0. The van der Waals surface area contributed by atoms with Crippen molar-refractivity contribution in [3.63, 3.8) is 0 Å². The van der Waals surface area contributed by atoms with Crippen molar-refractivity contribution in [3.05, 3.63) is 0 Å². The van der Waals surface area contributed by atoms with E-state index in [9.17, 15) is 5.11 Å². The van der Waals surface area contributed by atoms with E-state index in [2.05, 4.69) is 23.9 Å². The molecule has 2 fully saturated rings. The van der Waals surface area contributed by atoms with Crippen LogP contribution in [-0.4, -0.2) is 74.0 Å². The predicted molar refractivity (Wildman–Crippen MR) is 68.1 cm³/mol. The highest BCUT2D eigenvalue weighted by Gasteiger charge is 2.27. The number of rotatable bonds is 5. The maximum absolute atomic E-state index is 10.1. The van der Waals surface area contributed by atoms with Crippen LogP contribution in [0.25, 0.3) is 0 Å². The van der Waals surface area contributed by atoms with Gasteiger partial charge in [0, 0.05) is 31.7 Å². The van der Waals surface area contributed by atoms with Crippen LogP contribution < -0.4 is 0 Å². The monoisotopic (exact) mass is 242 g/mol. The minimum atomic E-state index is -0.228. The van der Waals surface area contributed by atoms with Gasteiger partial charge in [-0.1, -0.05) is 0 Å². The van der Waals surface area contributed by atoms with Gasteiger partial charge in [-0.15, -0.1) is 0 Å². The molecule has 0 aromatic carbocycles. The number of hydrogen-bond donors (Lipinski definition) is 1. The Bertz CT molecular complexity index is 231. The molecule has 0 bridgehead atoms. The van der Waals surface area contributed by atoms with Crippen LogP contribution in [0.15, 0.2) is 0 Å². The van der Waals surface area contributed by atoms with Crippen molar-refractivity contribution in [1.82, 2.24) is 9.80 Å². The van der Waals surface area contributed by atoms with Crippen molar-refractivity contribution in [3.8, 4) is 0 Å². The Kier molecular flexibility index (Phi) is 4.79. The fourth-order valence-corrected chi connectivity index (χ4v) is 2.97. The summed E-state index contributed by atoms with van der Waals surface area (Å²) in [7, 11) is 4.32. The van der Waals surface area contributed by atoms with Crippen molar-refractivity contribution >= 4 is 0 Å². The molecule has 0 aromatic rings. The summed E-state index contributed by atoms with van der Waals surface area (Å²) in [6.07, 6.45) is 3.39. The Balaban J connectivity index is 1.70. The molecule has 2 saturated heterocycles. The van der Waals surface area contributed by atoms with Crippen LogP contribution in [-0.2, 0) is 4.74 Å². The van der Waals surface area contributed by atoms with E-state index in [1.807, 2.05) is 0 Å². The molecule has 3 unspecified atom stereocenters. The molecule has 100 valence electrons. The lowest BCUT2D eigenvalue weighted by Crippen LogP contribution is -2.41. The Morgan fingerprint density at radius 2 is 2.29 bits per heavy atom. The molecule has 0 aromatic heterocycles. The Morgan fingerprint density at radius 1 is 1.47 bits per heavy atom. The van der Waals surface area contributed by atoms with E-state index >= 15 is 0 Å². The molecule has 2 rings (SSSR count). The highest BCUT2D eigenvalue weighted by atomic mass is 16.5. The lowest BCUT2D eigenvalue weighted by atomic mass is 10.0. The average molecular weight is 242 g/mol. The van der Waals surface area contributed by atoms with Crippen LogP contribution in [0.3, 0.4) is 0 Å². The van der Waals surface area contributed by atoms with Crippen LogP contribution in [0.2, 0.25) is 0 Å². The largest absolute Gasteiger partial charge is 0.391 e. The maximum Gasteiger partial charge on any atom is 0.0717 e. The number of ether oxygens (including phenoxy) is 1. The third-order valence-corrected chi connectivity index (χ3v) is 4.20. The fourth-order valence-electron chi connectivity index (χ4n) is 2.97. The standard InChI is InChI=1S/C13H26N2O2/c1-14(8-12-4-3-6-15(12)2)9-13(16)11-5-7-17-10-11/h11-13,16H,3-10H2,1-2H3. The normalized spacial score (nSPS) is 32.5. The molecule has 0 spiro atoms. The Hall–Kier alpha value is -0.160. The van der Waals surface area contributed by atoms with Crippen molar-refractivity contribution in [2.24, 2.45) is 5.92 Å². The first kappa shape index (κ1) is 13.3. The van der Waals surface area contributed by atoms with Gasteiger partial charge >= 0.3 is 0 Å². The van der Waals surface area contributed by atoms with Gasteiger partial charge in [0.05, 0.1) is 12.7 Å². The molecule has 17 heavy (non-hydrogen) atoms. The summed E-state index contributed by atoms with van der Waals surface area (Å²) >= 11 is 0. The van der Waals surface area contributed by atoms with Crippen molar-refractivity contribution in [1.29, 1.82) is 0 Å². The Labute approximate surface area is 105 Å². The number of likely N-dealkylation sites (tertiary alicyclic amines) is 1. The lowest BCUT2D eigenvalue weighted by molar-refractivity contribution is 0.0576. The van der Waals surface area contributed by atoms with Gasteiger partial charge in [0.2, 0.25) is 0 Å². The van der Waals surface area contributed by atoms with Gasteiger partial charge in [0.15, 0.2) is 0 Å². The van der Waals surface area contributed by atoms with E-state index in [-0.39, 0.29) is 6.10 Å². The summed E-state index contributed by atoms with van der Waals surface area (Å²) in [5, 5.41) is 10.1. The van der Waals surface area contributed by atoms with Gasteiger partial charge in [-0.2, -0.15) is 0 Å². The van der Waals surface area contributed by atoms with Crippen molar-refractivity contribution in [2.75, 3.05) is 46.9 Å². The topological polar surface area (TPSA) is 35.9 Å². The predicted octanol–water partition coefficient (Wildman–Crippen LogP) is 0.410. The van der Waals surface area contributed by atoms with E-state index in [4.69, 9.17) is 4.74 Å². The molecule has 0 radical (unpaired) electrons. The average Bonchev–Trinajstić information content (AvgIpc) is 2.90. The zero-order valence-electron chi connectivity index (χ0n) is 11.1. The van der Waals surface area contributed by atoms with E-state index in [1.54, 1.807) is 0 Å². The second kappa shape index (κ2) is 6.14. The van der Waals surface area contributed by atoms with Gasteiger partial charge in [-0.25, -0.2) is 0 Å². The SMILES string of the molecule is CN(CC(O)C1CCOC1)CC1CCCN1C. The molecule has 0 saturated carbocycles. The van der Waals surface area contributed by atoms with E-state index in [0.29, 0.717) is 12.0 Å². The zero-order valence-corrected chi connectivity index (χ0v) is 11.1. The number of aliphatic hydroxyl groups is 1. The van der Waals surface area contributed by atoms with E-state index in [1.165, 1.54) is 19.4 Å². The van der Waals surface area contributed by atoms with Crippen molar-refractivity contribution < 1.29 is 9.84 Å². The molecule has 3 atom stereocenters. The first-order chi connectivity index (χ1) is 8.16. The molecule has 1 N–H and O–H groups in total. The minimum absolute atomic E-state index is 0.228. The third kappa shape index (κ3) is 3.65. The molecule has 2 aliphatic rings. The number of likely N-dealkylation sites (N-methyl/N-ethyl adjacent to an activating group) is 2. The van der Waals surface area contributed by atoms with E-state index < -0.39 is 0 Å². The second-order valence-corrected chi connectivity index (χ2v) is 5.69. The molecular weight excluding hydrogens is 216 g/mol. The highest BCUT2D eigenvalue weighted by molar-refractivity contribution is 4.81. The van der Waals surface area contributed by atoms with Crippen molar-refractivity contribution in [2.45, 2.75) is 31.4 Å². The van der Waals surface area contributed by atoms with Crippen LogP contribution in [0, 0.1) is 5.92 Å². The lowest BCUT2D eigenvalue weighted by Gasteiger charge is -2.28. The highest BCUT2D eigenvalue weighted by Crippen LogP contribution is 2.19. The minimum Gasteiger partial charge on any atom is -0.391 e. The molecule has 2 heterocycles. The van der Waals surface area contributed by atoms with Gasteiger partial charge in [-0.05, 0) is 39.9 Å². The van der Waals surface area contributed by atoms with Crippen LogP contribution >= 0.6 is 0 Å². The quantitative estimate of drug-likeness (QED) is 0.757. The first-order valence-electron chi connectivity index (χ1n) is 6.81. The van der Waals surface area contributed by atoms with Crippen LogP contribution in [0.5, 0.6) is 0 Å². The number of hydrogen-bond acceptors (Lipinski definition) is 4. The molecule has 0 aliphatic carbocycles. The zero-order chi connectivity index (χ0) is 12.3. The van der Waals surface area contributed by atoms with Gasteiger partial charge < -0.3 is 19.6 Å². The molecule has 4 nitrogen and oxygen atoms in total. The van der Waals surface area contributed by atoms with Gasteiger partial charge in [0.1, 0.15) is 0 Å². The van der Waals surface area contributed by atoms with Crippen LogP contribution in [0.4, 0.5) is 0 Å². The Morgan fingerprint density at radius 3 is 2.88 bits per heavy atom. The summed E-state index contributed by atoms with van der Waals surface area (Å²) < 4.78 is 5.32. The molecule has 0 amide bonds. The van der Waals surface area contributed by atoms with Crippen LogP contribution in [0.1, 0.15) is 19.3 Å². The third-order valence-electron chi connectivity index (χ3n) is 4.20. The van der Waals surface area contributed by atoms with Gasteiger partial charge in [0.25, 0.3) is 0 Å². The molecular formula is C13H26N2O2. The smallest absolute Gasteiger partial charge is 0.0717 e. The van der Waals surface area contributed by atoms with E-state index in [0.717, 1.165) is 32.7 Å². The summed E-state index contributed by atoms with van der Waals surface area (Å²) in [4.78, 5) is 4.71. The number of aliphatic hydroxyl groups excluding tert-OH is 1. The first-order valence-corrected chi connectivity index (χ1v) is 6.81. The second-order valence-electron chi connectivity index (χ2n) is 5.69. The summed E-state index contributed by atoms with van der Waals surface area (Å²) in [6.45, 7) is 4.62. The van der Waals surface area contributed by atoms with Gasteiger partial charge in [-0.3, -0.25) is 0 Å². The fraction of sp³-hybridized carbons (Fsp3) is 1.00. The molecule has 4 heteroatoms. The summed E-state index contributed by atoms with van der Waals surface area (Å²) in [5.74, 6) is 0.346.